The first-order valence-corrected chi connectivity index (χ1v) is 8.69. The molecule has 6 nitrogen and oxygen atoms in total. The summed E-state index contributed by atoms with van der Waals surface area (Å²) in [4.78, 5) is 13.7. The van der Waals surface area contributed by atoms with Crippen molar-refractivity contribution < 1.29 is 18.3 Å². The van der Waals surface area contributed by atoms with Crippen LogP contribution in [0.3, 0.4) is 0 Å². The van der Waals surface area contributed by atoms with E-state index in [4.69, 9.17) is 0 Å². The summed E-state index contributed by atoms with van der Waals surface area (Å²) >= 11 is 1.13. The first-order valence-electron chi connectivity index (χ1n) is 6.37. The molecule has 0 saturated carbocycles. The molecular formula is C12H18N2O4S2. The number of aliphatic hydroxyl groups is 1. The predicted octanol–water partition coefficient (Wildman–Crippen LogP) is 0.352. The van der Waals surface area contributed by atoms with Crippen LogP contribution in [0.1, 0.15) is 12.8 Å². The number of likely N-dealkylation sites (tertiary alicyclic amines) is 1. The van der Waals surface area contributed by atoms with E-state index < -0.39 is 10.0 Å². The van der Waals surface area contributed by atoms with E-state index in [1.165, 1.54) is 13.1 Å². The van der Waals surface area contributed by atoms with Crippen LogP contribution < -0.4 is 0 Å². The Morgan fingerprint density at radius 3 is 2.95 bits per heavy atom. The molecule has 0 spiro atoms. The SMILES string of the molecule is CN(CC(=O)N1CCC[C@@H]1CO)S(=O)(=O)c1cccs1. The second-order valence-electron chi connectivity index (χ2n) is 4.76. The number of rotatable bonds is 5. The lowest BCUT2D eigenvalue weighted by molar-refractivity contribution is -0.132. The second-order valence-corrected chi connectivity index (χ2v) is 7.98. The van der Waals surface area contributed by atoms with Crippen LogP contribution in [0.15, 0.2) is 21.7 Å². The summed E-state index contributed by atoms with van der Waals surface area (Å²) in [7, 11) is -2.20. The van der Waals surface area contributed by atoms with Crippen LogP contribution in [0, 0.1) is 0 Å². The Morgan fingerprint density at radius 2 is 2.35 bits per heavy atom. The van der Waals surface area contributed by atoms with Crippen LogP contribution in [0.4, 0.5) is 0 Å². The van der Waals surface area contributed by atoms with Crippen molar-refractivity contribution in [2.24, 2.45) is 0 Å². The molecular weight excluding hydrogens is 300 g/mol. The van der Waals surface area contributed by atoms with Gasteiger partial charge in [-0.2, -0.15) is 4.31 Å². The quantitative estimate of drug-likeness (QED) is 0.850. The molecule has 1 N–H and O–H groups in total. The number of nitrogens with zero attached hydrogens (tertiary/aromatic N) is 2. The summed E-state index contributed by atoms with van der Waals surface area (Å²) in [6.07, 6.45) is 1.61. The van der Waals surface area contributed by atoms with Gasteiger partial charge in [-0.05, 0) is 24.3 Å². The van der Waals surface area contributed by atoms with E-state index in [0.717, 1.165) is 28.5 Å². The predicted molar refractivity (Wildman–Crippen MR) is 76.0 cm³/mol. The van der Waals surface area contributed by atoms with Gasteiger partial charge in [-0.15, -0.1) is 11.3 Å². The molecule has 1 aliphatic rings. The molecule has 1 amide bonds. The van der Waals surface area contributed by atoms with Gasteiger partial charge in [0.25, 0.3) is 10.0 Å². The van der Waals surface area contributed by atoms with Gasteiger partial charge < -0.3 is 10.0 Å². The molecule has 0 radical (unpaired) electrons. The maximum absolute atomic E-state index is 12.2. The maximum atomic E-state index is 12.2. The average molecular weight is 318 g/mol. The molecule has 1 saturated heterocycles. The zero-order valence-electron chi connectivity index (χ0n) is 11.2. The van der Waals surface area contributed by atoms with Crippen LogP contribution in [-0.4, -0.2) is 61.4 Å². The Kier molecular flexibility index (Phi) is 4.79. The third-order valence-corrected chi connectivity index (χ3v) is 6.60. The third-order valence-electron chi connectivity index (χ3n) is 3.43. The third kappa shape index (κ3) is 3.03. The van der Waals surface area contributed by atoms with Crippen molar-refractivity contribution in [3.63, 3.8) is 0 Å². The topological polar surface area (TPSA) is 77.9 Å². The highest BCUT2D eigenvalue weighted by molar-refractivity contribution is 7.91. The molecule has 0 aromatic carbocycles. The largest absolute Gasteiger partial charge is 0.394 e. The van der Waals surface area contributed by atoms with Crippen LogP contribution in [0.25, 0.3) is 0 Å². The number of likely N-dealkylation sites (N-methyl/N-ethyl adjacent to an activating group) is 1. The van der Waals surface area contributed by atoms with E-state index in [1.807, 2.05) is 0 Å². The highest BCUT2D eigenvalue weighted by atomic mass is 32.2. The van der Waals surface area contributed by atoms with Crippen molar-refractivity contribution in [3.05, 3.63) is 17.5 Å². The lowest BCUT2D eigenvalue weighted by Crippen LogP contribution is -2.44. The molecule has 0 aliphatic carbocycles. The molecule has 0 unspecified atom stereocenters. The van der Waals surface area contributed by atoms with Crippen LogP contribution >= 0.6 is 11.3 Å². The molecule has 1 aromatic rings. The van der Waals surface area contributed by atoms with Crippen LogP contribution in [0.2, 0.25) is 0 Å². The fourth-order valence-electron chi connectivity index (χ4n) is 2.28. The first-order chi connectivity index (χ1) is 9.46. The van der Waals surface area contributed by atoms with E-state index in [2.05, 4.69) is 0 Å². The smallest absolute Gasteiger partial charge is 0.252 e. The van der Waals surface area contributed by atoms with Crippen molar-refractivity contribution in [1.82, 2.24) is 9.21 Å². The molecule has 2 rings (SSSR count). The number of hydrogen-bond donors (Lipinski definition) is 1. The van der Waals surface area contributed by atoms with Gasteiger partial charge in [-0.3, -0.25) is 4.79 Å². The van der Waals surface area contributed by atoms with Crippen molar-refractivity contribution in [3.8, 4) is 0 Å². The Bertz CT molecular complexity index is 556. The van der Waals surface area contributed by atoms with Crippen LogP contribution in [-0.2, 0) is 14.8 Å². The molecule has 0 bridgehead atoms. The zero-order valence-corrected chi connectivity index (χ0v) is 12.9. The number of hydrogen-bond acceptors (Lipinski definition) is 5. The summed E-state index contributed by atoms with van der Waals surface area (Å²) in [5.74, 6) is -0.260. The first kappa shape index (κ1) is 15.4. The van der Waals surface area contributed by atoms with Crippen molar-refractivity contribution in [1.29, 1.82) is 0 Å². The lowest BCUT2D eigenvalue weighted by atomic mass is 10.2. The number of amides is 1. The molecule has 1 atom stereocenters. The summed E-state index contributed by atoms with van der Waals surface area (Å²) in [6, 6.07) is 3.00. The lowest BCUT2D eigenvalue weighted by Gasteiger charge is -2.25. The van der Waals surface area contributed by atoms with Crippen molar-refractivity contribution in [2.75, 3.05) is 26.7 Å². The van der Waals surface area contributed by atoms with Gasteiger partial charge in [0.15, 0.2) is 0 Å². The number of thiophene rings is 1. The summed E-state index contributed by atoms with van der Waals surface area (Å²) in [5.41, 5.74) is 0. The minimum absolute atomic E-state index is 0.0763. The summed E-state index contributed by atoms with van der Waals surface area (Å²) in [5, 5.41) is 10.9. The van der Waals surface area contributed by atoms with Crippen molar-refractivity contribution >= 4 is 27.3 Å². The maximum Gasteiger partial charge on any atom is 0.252 e. The fourth-order valence-corrected chi connectivity index (χ4v) is 4.61. The van der Waals surface area contributed by atoms with Gasteiger partial charge >= 0.3 is 0 Å². The minimum atomic E-state index is -3.60. The summed E-state index contributed by atoms with van der Waals surface area (Å²) < 4.78 is 25.7. The average Bonchev–Trinajstić information content (AvgIpc) is 3.09. The van der Waals surface area contributed by atoms with E-state index in [-0.39, 0.29) is 29.3 Å². The molecule has 1 aliphatic heterocycles. The van der Waals surface area contributed by atoms with E-state index >= 15 is 0 Å². The highest BCUT2D eigenvalue weighted by Gasteiger charge is 2.31. The van der Waals surface area contributed by atoms with Gasteiger partial charge in [0, 0.05) is 13.6 Å². The van der Waals surface area contributed by atoms with Gasteiger partial charge in [0.2, 0.25) is 5.91 Å². The Hall–Kier alpha value is -0.960. The molecule has 2 heterocycles. The molecule has 1 aromatic heterocycles. The van der Waals surface area contributed by atoms with Crippen LogP contribution in [0.5, 0.6) is 0 Å². The number of carbonyl (C=O) groups excluding carboxylic acids is 1. The number of carbonyl (C=O) groups is 1. The standard InChI is InChI=1S/C12H18N2O4S2/c1-13(20(17,18)12-5-3-7-19-12)8-11(16)14-6-2-4-10(14)9-15/h3,5,7,10,15H,2,4,6,8-9H2,1H3/t10-/m1/s1. The van der Waals surface area contributed by atoms with Gasteiger partial charge in [0.1, 0.15) is 4.21 Å². The molecule has 8 heteroatoms. The Balaban J connectivity index is 2.04. The molecule has 1 fully saturated rings. The monoisotopic (exact) mass is 318 g/mol. The number of sulfonamides is 1. The van der Waals surface area contributed by atoms with Crippen molar-refractivity contribution in [2.45, 2.75) is 23.1 Å². The Labute approximate surface area is 122 Å². The van der Waals surface area contributed by atoms with Gasteiger partial charge in [-0.25, -0.2) is 8.42 Å². The van der Waals surface area contributed by atoms with E-state index in [1.54, 1.807) is 16.3 Å². The molecule has 20 heavy (non-hydrogen) atoms. The van der Waals surface area contributed by atoms with E-state index in [9.17, 15) is 18.3 Å². The minimum Gasteiger partial charge on any atom is -0.394 e. The number of aliphatic hydroxyl groups excluding tert-OH is 1. The normalized spacial score (nSPS) is 19.8. The second kappa shape index (κ2) is 6.21. The van der Waals surface area contributed by atoms with E-state index in [0.29, 0.717) is 6.54 Å². The Morgan fingerprint density at radius 1 is 1.60 bits per heavy atom. The van der Waals surface area contributed by atoms with Gasteiger partial charge in [0.05, 0.1) is 19.2 Å². The zero-order chi connectivity index (χ0) is 14.8. The highest BCUT2D eigenvalue weighted by Crippen LogP contribution is 2.21. The fraction of sp³-hybridized carbons (Fsp3) is 0.583. The summed E-state index contributed by atoms with van der Waals surface area (Å²) in [6.45, 7) is 0.306. The molecule has 112 valence electrons. The van der Waals surface area contributed by atoms with Gasteiger partial charge in [-0.1, -0.05) is 6.07 Å².